The van der Waals surface area contributed by atoms with Crippen LogP contribution in [-0.2, 0) is 22.6 Å². The minimum Gasteiger partial charge on any atom is -0.503 e. The Hall–Kier alpha value is -5.00. The molecule has 54 heavy (non-hydrogen) atoms. The van der Waals surface area contributed by atoms with Gasteiger partial charge in [0.15, 0.2) is 17.2 Å². The topological polar surface area (TPSA) is 115 Å². The summed E-state index contributed by atoms with van der Waals surface area (Å²) in [4.78, 5) is 19.2. The number of nitrogens with one attached hydrogen (secondary N) is 1. The number of amides is 1. The van der Waals surface area contributed by atoms with Crippen molar-refractivity contribution in [2.24, 2.45) is 0 Å². The van der Waals surface area contributed by atoms with Gasteiger partial charge < -0.3 is 39.0 Å². The second-order valence-corrected chi connectivity index (χ2v) is 13.2. The molecule has 0 bridgehead atoms. The van der Waals surface area contributed by atoms with Gasteiger partial charge in [-0.25, -0.2) is 13.7 Å². The number of pyridine rings is 1. The summed E-state index contributed by atoms with van der Waals surface area (Å²) in [6.45, 7) is 0.720. The van der Waals surface area contributed by atoms with Crippen LogP contribution in [0.5, 0.6) is 28.7 Å². The van der Waals surface area contributed by atoms with E-state index >= 15 is 0 Å². The number of hydrogen-bond donors (Lipinski definition) is 2. The van der Waals surface area contributed by atoms with Crippen molar-refractivity contribution in [2.75, 3.05) is 51.8 Å². The maximum absolute atomic E-state index is 14.5. The molecule has 1 fully saturated rings. The molecule has 0 saturated carbocycles. The van der Waals surface area contributed by atoms with E-state index in [2.05, 4.69) is 10.3 Å². The van der Waals surface area contributed by atoms with E-state index in [-0.39, 0.29) is 12.3 Å². The number of methoxy groups -OCH3 is 4. The van der Waals surface area contributed by atoms with Crippen molar-refractivity contribution in [2.45, 2.75) is 49.3 Å². The van der Waals surface area contributed by atoms with Gasteiger partial charge in [0.05, 0.1) is 40.7 Å². The zero-order valence-corrected chi connectivity index (χ0v) is 30.8. The molecule has 1 aliphatic rings. The molecule has 2 heterocycles. The quantitative estimate of drug-likeness (QED) is 0.0932. The first kappa shape index (κ1) is 40.2. The number of anilines is 2. The summed E-state index contributed by atoms with van der Waals surface area (Å²) in [5.41, 5.74) is -1.52. The third-order valence-corrected chi connectivity index (χ3v) is 9.76. The molecule has 0 radical (unpaired) electrons. The SMILES string of the molecule is CCOC1(C(F)(F)F)CC(C(=O)Nc2ccnc(SN(Cc3ccc(OC)cc3OC)Cc3ccc(OC)cc3OC)c2)N(c2ccc(F)c(F)c2O)C1. The van der Waals surface area contributed by atoms with Crippen LogP contribution in [0.25, 0.3) is 0 Å². The summed E-state index contributed by atoms with van der Waals surface area (Å²) in [5, 5.41) is 13.5. The van der Waals surface area contributed by atoms with Gasteiger partial charge in [-0.15, -0.1) is 0 Å². The number of carbonyl (C=O) groups is 1. The lowest BCUT2D eigenvalue weighted by atomic mass is 9.98. The van der Waals surface area contributed by atoms with E-state index in [4.69, 9.17) is 23.7 Å². The number of aromatic hydroxyl groups is 1. The summed E-state index contributed by atoms with van der Waals surface area (Å²) in [7, 11) is 6.18. The molecule has 0 spiro atoms. The summed E-state index contributed by atoms with van der Waals surface area (Å²) in [6.07, 6.45) is -4.41. The number of carbonyl (C=O) groups excluding carboxylic acids is 1. The molecule has 290 valence electrons. The van der Waals surface area contributed by atoms with E-state index in [0.717, 1.165) is 22.1 Å². The first-order valence-corrected chi connectivity index (χ1v) is 17.3. The number of halogens is 5. The minimum absolute atomic E-state index is 0.192. The molecule has 2 unspecified atom stereocenters. The van der Waals surface area contributed by atoms with Crippen LogP contribution in [0.4, 0.5) is 33.3 Å². The van der Waals surface area contributed by atoms with Gasteiger partial charge in [0.1, 0.15) is 34.1 Å². The monoisotopic (exact) mass is 778 g/mol. The van der Waals surface area contributed by atoms with Crippen LogP contribution in [0, 0.1) is 11.6 Å². The summed E-state index contributed by atoms with van der Waals surface area (Å²) >= 11 is 1.23. The molecule has 3 aromatic carbocycles. The summed E-state index contributed by atoms with van der Waals surface area (Å²) in [5.74, 6) is -2.85. The fourth-order valence-electron chi connectivity index (χ4n) is 6.15. The van der Waals surface area contributed by atoms with Crippen molar-refractivity contribution in [3.63, 3.8) is 0 Å². The Bertz CT molecular complexity index is 1900. The summed E-state index contributed by atoms with van der Waals surface area (Å²) in [6, 6.07) is 13.8. The van der Waals surface area contributed by atoms with E-state index in [1.54, 1.807) is 58.8 Å². The van der Waals surface area contributed by atoms with E-state index in [1.165, 1.54) is 31.1 Å². The maximum atomic E-state index is 14.5. The number of nitrogens with zero attached hydrogens (tertiary/aromatic N) is 3. The van der Waals surface area contributed by atoms with Crippen LogP contribution in [0.15, 0.2) is 71.9 Å². The molecule has 17 heteroatoms. The maximum Gasteiger partial charge on any atom is 0.419 e. The number of hydrogen-bond acceptors (Lipinski definition) is 11. The van der Waals surface area contributed by atoms with Crippen LogP contribution in [0.3, 0.4) is 0 Å². The van der Waals surface area contributed by atoms with E-state index in [0.29, 0.717) is 47.2 Å². The molecular formula is C37H39F5N4O7S. The highest BCUT2D eigenvalue weighted by Crippen LogP contribution is 2.47. The highest BCUT2D eigenvalue weighted by molar-refractivity contribution is 7.96. The van der Waals surface area contributed by atoms with Crippen LogP contribution in [0.2, 0.25) is 0 Å². The number of ether oxygens (including phenoxy) is 5. The van der Waals surface area contributed by atoms with Gasteiger partial charge in [0.25, 0.3) is 0 Å². The van der Waals surface area contributed by atoms with Crippen LogP contribution in [-0.4, -0.2) is 79.7 Å². The highest BCUT2D eigenvalue weighted by Gasteiger charge is 2.63. The van der Waals surface area contributed by atoms with E-state index in [9.17, 15) is 31.9 Å². The van der Waals surface area contributed by atoms with Gasteiger partial charge in [-0.3, -0.25) is 4.79 Å². The Morgan fingerprint density at radius 1 is 0.944 bits per heavy atom. The second kappa shape index (κ2) is 17.0. The number of rotatable bonds is 15. The fourth-order valence-corrected chi connectivity index (χ4v) is 7.11. The molecule has 1 saturated heterocycles. The molecule has 4 aromatic rings. The summed E-state index contributed by atoms with van der Waals surface area (Å²) < 4.78 is 101. The largest absolute Gasteiger partial charge is 0.503 e. The van der Waals surface area contributed by atoms with Crippen molar-refractivity contribution in [1.29, 1.82) is 0 Å². The molecule has 2 atom stereocenters. The molecule has 1 aromatic heterocycles. The number of phenols is 1. The Morgan fingerprint density at radius 2 is 1.56 bits per heavy atom. The standard InChI is InChI=1S/C37H39F5N4O7S/c1-6-53-36(37(40,41)42)18-29(46(21-36)28-12-11-27(38)33(39)34(28)47)35(48)44-24-13-14-43-32(15-24)54-45(19-22-7-9-25(49-2)16-30(22)51-4)20-23-8-10-26(50-3)17-31(23)52-5/h7-17,29,47H,6,18-21H2,1-5H3,(H,43,44,48). The lowest BCUT2D eigenvalue weighted by Gasteiger charge is -2.31. The average molecular weight is 779 g/mol. The molecule has 5 rings (SSSR count). The molecule has 11 nitrogen and oxygen atoms in total. The normalized spacial score (nSPS) is 17.1. The van der Waals surface area contributed by atoms with Crippen molar-refractivity contribution < 1.29 is 55.5 Å². The van der Waals surface area contributed by atoms with Crippen LogP contribution >= 0.6 is 11.9 Å². The van der Waals surface area contributed by atoms with Gasteiger partial charge in [-0.2, -0.15) is 17.6 Å². The number of phenolic OH excluding ortho intramolecular Hbond substituents is 1. The van der Waals surface area contributed by atoms with E-state index < -0.39 is 59.8 Å². The third-order valence-electron chi connectivity index (χ3n) is 8.83. The third kappa shape index (κ3) is 8.69. The molecule has 0 aliphatic carbocycles. The van der Waals surface area contributed by atoms with Gasteiger partial charge in [-0.05, 0) is 55.3 Å². The van der Waals surface area contributed by atoms with Gasteiger partial charge in [-0.1, -0.05) is 12.1 Å². The van der Waals surface area contributed by atoms with Gasteiger partial charge >= 0.3 is 6.18 Å². The lowest BCUT2D eigenvalue weighted by molar-refractivity contribution is -0.268. The zero-order valence-electron chi connectivity index (χ0n) is 30.0. The average Bonchev–Trinajstić information content (AvgIpc) is 3.55. The Labute approximate surface area is 313 Å². The first-order chi connectivity index (χ1) is 25.8. The van der Waals surface area contributed by atoms with Crippen LogP contribution < -0.4 is 29.2 Å². The Balaban J connectivity index is 1.45. The fraction of sp³-hybridized carbons (Fsp3) is 0.351. The van der Waals surface area contributed by atoms with Crippen molar-refractivity contribution in [3.8, 4) is 28.7 Å². The zero-order chi connectivity index (χ0) is 39.2. The first-order valence-electron chi connectivity index (χ1n) is 16.5. The smallest absolute Gasteiger partial charge is 0.419 e. The number of benzene rings is 3. The van der Waals surface area contributed by atoms with Gasteiger partial charge in [0.2, 0.25) is 11.7 Å². The lowest BCUT2D eigenvalue weighted by Crippen LogP contribution is -2.50. The molecule has 1 aliphatic heterocycles. The van der Waals surface area contributed by atoms with Gasteiger partial charge in [0, 0.05) is 61.3 Å². The predicted octanol–water partition coefficient (Wildman–Crippen LogP) is 7.36. The number of alkyl halides is 3. The molecule has 2 N–H and O–H groups in total. The van der Waals surface area contributed by atoms with Crippen LogP contribution in [0.1, 0.15) is 24.5 Å². The number of aromatic nitrogens is 1. The predicted molar refractivity (Wildman–Crippen MR) is 191 cm³/mol. The molecule has 1 amide bonds. The van der Waals surface area contributed by atoms with Crippen molar-refractivity contribution >= 4 is 29.2 Å². The Morgan fingerprint density at radius 3 is 2.09 bits per heavy atom. The molecular weight excluding hydrogens is 739 g/mol. The second-order valence-electron chi connectivity index (χ2n) is 12.1. The van der Waals surface area contributed by atoms with E-state index in [1.807, 2.05) is 16.4 Å². The Kier molecular flexibility index (Phi) is 12.6. The minimum atomic E-state index is -4.95. The highest BCUT2D eigenvalue weighted by atomic mass is 32.2. The van der Waals surface area contributed by atoms with Crippen molar-refractivity contribution in [1.82, 2.24) is 9.29 Å². The van der Waals surface area contributed by atoms with Crippen molar-refractivity contribution in [3.05, 3.63) is 89.6 Å².